The van der Waals surface area contributed by atoms with Gasteiger partial charge in [0.25, 0.3) is 0 Å². The molecule has 0 amide bonds. The minimum Gasteiger partial charge on any atom is -0.360 e. The first-order chi connectivity index (χ1) is 14.0. The molecule has 29 heavy (non-hydrogen) atoms. The van der Waals surface area contributed by atoms with Gasteiger partial charge >= 0.3 is 0 Å². The maximum Gasteiger partial charge on any atom is 0.151 e. The molecule has 0 spiro atoms. The number of nitrogens with one attached hydrogen (secondary N) is 2. The third kappa shape index (κ3) is 4.32. The topological polar surface area (TPSA) is 92.3 Å². The van der Waals surface area contributed by atoms with E-state index in [1.807, 2.05) is 0 Å². The van der Waals surface area contributed by atoms with Gasteiger partial charge in [0.15, 0.2) is 5.82 Å². The SMILES string of the molecule is [CH2]C(Nc1cc(Cl)ncn1)c1ncc(-c2ncc[nH]2)c(-c2ccc(Cl)cc2Cl)n1. The molecule has 4 aromatic rings. The van der Waals surface area contributed by atoms with Crippen molar-refractivity contribution < 1.29 is 0 Å². The summed E-state index contributed by atoms with van der Waals surface area (Å²) in [5.74, 6) is 1.57. The van der Waals surface area contributed by atoms with Crippen LogP contribution in [0.1, 0.15) is 11.9 Å². The highest BCUT2D eigenvalue weighted by Gasteiger charge is 2.19. The van der Waals surface area contributed by atoms with Crippen LogP contribution in [-0.4, -0.2) is 29.9 Å². The van der Waals surface area contributed by atoms with Crippen LogP contribution in [0.4, 0.5) is 5.82 Å². The molecule has 0 saturated carbocycles. The smallest absolute Gasteiger partial charge is 0.151 e. The number of benzene rings is 1. The van der Waals surface area contributed by atoms with Crippen molar-refractivity contribution in [2.45, 2.75) is 6.04 Å². The average Bonchev–Trinajstić information content (AvgIpc) is 3.22. The van der Waals surface area contributed by atoms with E-state index >= 15 is 0 Å². The Labute approximate surface area is 181 Å². The van der Waals surface area contributed by atoms with E-state index in [1.54, 1.807) is 42.9 Å². The van der Waals surface area contributed by atoms with Gasteiger partial charge in [-0.05, 0) is 25.1 Å². The number of aromatic amines is 1. The lowest BCUT2D eigenvalue weighted by Crippen LogP contribution is -2.13. The van der Waals surface area contributed by atoms with Crippen LogP contribution in [-0.2, 0) is 0 Å². The lowest BCUT2D eigenvalue weighted by Gasteiger charge is -2.16. The number of anilines is 1. The molecule has 1 radical (unpaired) electrons. The van der Waals surface area contributed by atoms with E-state index in [4.69, 9.17) is 39.8 Å². The number of nitrogens with zero attached hydrogens (tertiary/aromatic N) is 5. The van der Waals surface area contributed by atoms with Crippen molar-refractivity contribution in [1.29, 1.82) is 0 Å². The maximum atomic E-state index is 6.44. The van der Waals surface area contributed by atoms with Crippen molar-refractivity contribution in [3.63, 3.8) is 0 Å². The van der Waals surface area contributed by atoms with Gasteiger partial charge in [-0.15, -0.1) is 0 Å². The van der Waals surface area contributed by atoms with E-state index in [9.17, 15) is 0 Å². The first kappa shape index (κ1) is 19.6. The zero-order valence-corrected chi connectivity index (χ0v) is 17.0. The highest BCUT2D eigenvalue weighted by atomic mass is 35.5. The second-order valence-electron chi connectivity index (χ2n) is 5.98. The Balaban J connectivity index is 1.77. The zero-order chi connectivity index (χ0) is 20.4. The molecule has 0 aliphatic carbocycles. The van der Waals surface area contributed by atoms with Crippen LogP contribution in [0.25, 0.3) is 22.6 Å². The van der Waals surface area contributed by atoms with Crippen LogP contribution < -0.4 is 5.32 Å². The maximum absolute atomic E-state index is 6.44. The number of hydrogen-bond acceptors (Lipinski definition) is 6. The molecule has 3 heterocycles. The van der Waals surface area contributed by atoms with Crippen LogP contribution in [0.2, 0.25) is 15.2 Å². The summed E-state index contributed by atoms with van der Waals surface area (Å²) in [6.07, 6.45) is 6.41. The Bertz CT molecular complexity index is 1150. The van der Waals surface area contributed by atoms with Gasteiger partial charge in [-0.3, -0.25) is 0 Å². The highest BCUT2D eigenvalue weighted by Crippen LogP contribution is 2.35. The Kier molecular flexibility index (Phi) is 5.62. The van der Waals surface area contributed by atoms with Crippen molar-refractivity contribution in [3.8, 4) is 22.6 Å². The standard InChI is InChI=1S/C19H13Cl3N7/c1-10(28-16-7-15(22)26-9-27-16)18-25-8-13(19-23-4-5-24-19)17(29-18)12-3-2-11(20)6-14(12)21/h2-10H,1H2,(H,23,24)(H,26,27,28). The fraction of sp³-hybridized carbons (Fsp3) is 0.0526. The van der Waals surface area contributed by atoms with Gasteiger partial charge in [0.1, 0.15) is 23.1 Å². The number of halogens is 3. The van der Waals surface area contributed by atoms with Crippen molar-refractivity contribution >= 4 is 40.6 Å². The van der Waals surface area contributed by atoms with Gasteiger partial charge in [-0.1, -0.05) is 34.8 Å². The summed E-state index contributed by atoms with van der Waals surface area (Å²) < 4.78 is 0. The average molecular weight is 446 g/mol. The van der Waals surface area contributed by atoms with Crippen molar-refractivity contribution in [2.24, 2.45) is 0 Å². The van der Waals surface area contributed by atoms with Crippen LogP contribution in [0.5, 0.6) is 0 Å². The molecule has 145 valence electrons. The molecule has 0 fully saturated rings. The van der Waals surface area contributed by atoms with Crippen LogP contribution in [0.15, 0.2) is 49.2 Å². The Morgan fingerprint density at radius 2 is 1.86 bits per heavy atom. The molecule has 1 aromatic carbocycles. The minimum absolute atomic E-state index is 0.317. The Hall–Kier alpha value is -2.74. The number of imidazole rings is 1. The van der Waals surface area contributed by atoms with Gasteiger partial charge in [0.05, 0.1) is 22.3 Å². The predicted octanol–water partition coefficient (Wildman–Crippen LogP) is 5.27. The first-order valence-corrected chi connectivity index (χ1v) is 9.54. The Morgan fingerprint density at radius 1 is 1.00 bits per heavy atom. The fourth-order valence-corrected chi connectivity index (χ4v) is 3.34. The first-order valence-electron chi connectivity index (χ1n) is 8.40. The molecule has 0 aliphatic rings. The number of aromatic nitrogens is 6. The summed E-state index contributed by atoms with van der Waals surface area (Å²) >= 11 is 18.4. The number of hydrogen-bond donors (Lipinski definition) is 2. The molecule has 3 aromatic heterocycles. The van der Waals surface area contributed by atoms with E-state index in [0.717, 1.165) is 0 Å². The molecule has 0 bridgehead atoms. The van der Waals surface area contributed by atoms with Crippen LogP contribution in [0, 0.1) is 6.92 Å². The summed E-state index contributed by atoms with van der Waals surface area (Å²) in [6.45, 7) is 4.08. The monoisotopic (exact) mass is 444 g/mol. The lowest BCUT2D eigenvalue weighted by molar-refractivity contribution is 0.847. The van der Waals surface area contributed by atoms with E-state index < -0.39 is 6.04 Å². The molecule has 2 N–H and O–H groups in total. The molecule has 0 aliphatic heterocycles. The van der Waals surface area contributed by atoms with Gasteiger partial charge in [-0.25, -0.2) is 24.9 Å². The third-order valence-corrected chi connectivity index (χ3v) is 4.77. The largest absolute Gasteiger partial charge is 0.360 e. The molecular formula is C19H13Cl3N7. The summed E-state index contributed by atoms with van der Waals surface area (Å²) in [5, 5.41) is 4.42. The molecule has 10 heteroatoms. The summed E-state index contributed by atoms with van der Waals surface area (Å²) in [5.41, 5.74) is 1.99. The van der Waals surface area contributed by atoms with E-state index in [2.05, 4.69) is 37.2 Å². The number of rotatable bonds is 5. The summed E-state index contributed by atoms with van der Waals surface area (Å²) in [4.78, 5) is 24.5. The third-order valence-electron chi connectivity index (χ3n) is 4.01. The van der Waals surface area contributed by atoms with Gasteiger partial charge < -0.3 is 10.3 Å². The van der Waals surface area contributed by atoms with Gasteiger partial charge in [0.2, 0.25) is 0 Å². The quantitative estimate of drug-likeness (QED) is 0.406. The second kappa shape index (κ2) is 8.32. The molecule has 1 unspecified atom stereocenters. The minimum atomic E-state index is -0.503. The lowest BCUT2D eigenvalue weighted by atomic mass is 10.1. The normalized spacial score (nSPS) is 12.0. The molecule has 1 atom stereocenters. The Morgan fingerprint density at radius 3 is 2.59 bits per heavy atom. The van der Waals surface area contributed by atoms with Gasteiger partial charge in [-0.2, -0.15) is 0 Å². The van der Waals surface area contributed by atoms with Crippen molar-refractivity contribution in [2.75, 3.05) is 5.32 Å². The molecule has 0 saturated heterocycles. The highest BCUT2D eigenvalue weighted by molar-refractivity contribution is 6.36. The van der Waals surface area contributed by atoms with E-state index in [1.165, 1.54) is 6.33 Å². The fourth-order valence-electron chi connectivity index (χ4n) is 2.69. The molecule has 4 rings (SSSR count). The molecular weight excluding hydrogens is 433 g/mol. The second-order valence-corrected chi connectivity index (χ2v) is 7.21. The summed E-state index contributed by atoms with van der Waals surface area (Å²) in [6, 6.07) is 6.30. The van der Waals surface area contributed by atoms with Crippen molar-refractivity contribution in [1.82, 2.24) is 29.9 Å². The van der Waals surface area contributed by atoms with Crippen LogP contribution >= 0.6 is 34.8 Å². The summed E-state index contributed by atoms with van der Waals surface area (Å²) in [7, 11) is 0. The molecule has 7 nitrogen and oxygen atoms in total. The van der Waals surface area contributed by atoms with Crippen LogP contribution in [0.3, 0.4) is 0 Å². The van der Waals surface area contributed by atoms with Gasteiger partial charge in [0, 0.05) is 35.2 Å². The predicted molar refractivity (Wildman–Crippen MR) is 114 cm³/mol. The van der Waals surface area contributed by atoms with E-state index in [-0.39, 0.29) is 0 Å². The van der Waals surface area contributed by atoms with Crippen molar-refractivity contribution in [3.05, 3.63) is 77.1 Å². The number of H-pyrrole nitrogens is 1. The van der Waals surface area contributed by atoms with E-state index in [0.29, 0.717) is 49.5 Å². The zero-order valence-electron chi connectivity index (χ0n) is 14.8.